The summed E-state index contributed by atoms with van der Waals surface area (Å²) in [6, 6.07) is 0.794. The van der Waals surface area contributed by atoms with Gasteiger partial charge in [0.1, 0.15) is 0 Å². The highest BCUT2D eigenvalue weighted by Crippen LogP contribution is 2.36. The van der Waals surface area contributed by atoms with Gasteiger partial charge < -0.3 is 5.73 Å². The van der Waals surface area contributed by atoms with E-state index in [2.05, 4.69) is 18.9 Å². The van der Waals surface area contributed by atoms with Gasteiger partial charge in [0.05, 0.1) is 0 Å². The summed E-state index contributed by atoms with van der Waals surface area (Å²) in [7, 11) is 2.36. The third kappa shape index (κ3) is 3.08. The molecule has 2 rings (SSSR count). The van der Waals surface area contributed by atoms with Gasteiger partial charge in [-0.05, 0) is 51.5 Å². The maximum atomic E-state index is 6.20. The van der Waals surface area contributed by atoms with Crippen molar-refractivity contribution >= 4 is 0 Å². The van der Waals surface area contributed by atoms with Crippen LogP contribution in [0.1, 0.15) is 71.1 Å². The zero-order valence-electron chi connectivity index (χ0n) is 12.5. The van der Waals surface area contributed by atoms with Crippen molar-refractivity contribution in [3.05, 3.63) is 0 Å². The Morgan fingerprint density at radius 3 is 2.06 bits per heavy atom. The smallest absolute Gasteiger partial charge is 0.0331 e. The van der Waals surface area contributed by atoms with Gasteiger partial charge in [0, 0.05) is 18.1 Å². The van der Waals surface area contributed by atoms with E-state index in [-0.39, 0.29) is 0 Å². The number of hydrogen-bond acceptors (Lipinski definition) is 2. The fraction of sp³-hybridized carbons (Fsp3) is 1.00. The Balaban J connectivity index is 2.01. The first-order valence-electron chi connectivity index (χ1n) is 8.11. The van der Waals surface area contributed by atoms with Crippen LogP contribution >= 0.6 is 0 Å². The molecule has 0 aromatic rings. The number of likely N-dealkylation sites (N-methyl/N-ethyl adjacent to an activating group) is 1. The largest absolute Gasteiger partial charge is 0.329 e. The fourth-order valence-electron chi connectivity index (χ4n) is 4.10. The normalized spacial score (nSPS) is 33.3. The summed E-state index contributed by atoms with van der Waals surface area (Å²) in [6.45, 7) is 3.26. The molecule has 0 aromatic carbocycles. The lowest BCUT2D eigenvalue weighted by molar-refractivity contribution is 0.0388. The predicted octanol–water partition coefficient (Wildman–Crippen LogP) is 3.55. The molecule has 18 heavy (non-hydrogen) atoms. The Bertz CT molecular complexity index is 235. The molecule has 0 aliphatic heterocycles. The minimum Gasteiger partial charge on any atom is -0.329 e. The molecule has 2 fully saturated rings. The zero-order valence-corrected chi connectivity index (χ0v) is 12.5. The van der Waals surface area contributed by atoms with Crippen molar-refractivity contribution in [3.8, 4) is 0 Å². The summed E-state index contributed by atoms with van der Waals surface area (Å²) < 4.78 is 0. The van der Waals surface area contributed by atoms with E-state index in [0.717, 1.165) is 18.5 Å². The monoisotopic (exact) mass is 252 g/mol. The molecular weight excluding hydrogens is 220 g/mol. The molecule has 0 heterocycles. The Hall–Kier alpha value is -0.0800. The standard InChI is InChI=1S/C16H32N2/c1-14-7-9-15(10-8-14)18(2)16(13-17)11-5-3-4-6-12-16/h14-15H,3-13,17H2,1-2H3. The molecule has 0 unspecified atom stereocenters. The van der Waals surface area contributed by atoms with E-state index in [1.165, 1.54) is 64.2 Å². The summed E-state index contributed by atoms with van der Waals surface area (Å²) in [4.78, 5) is 2.70. The molecule has 106 valence electrons. The Morgan fingerprint density at radius 1 is 1.00 bits per heavy atom. The van der Waals surface area contributed by atoms with Gasteiger partial charge >= 0.3 is 0 Å². The Morgan fingerprint density at radius 2 is 1.56 bits per heavy atom. The quantitative estimate of drug-likeness (QED) is 0.778. The lowest BCUT2D eigenvalue weighted by Gasteiger charge is -2.47. The van der Waals surface area contributed by atoms with E-state index in [4.69, 9.17) is 5.73 Å². The van der Waals surface area contributed by atoms with Gasteiger partial charge in [0.15, 0.2) is 0 Å². The van der Waals surface area contributed by atoms with Crippen LogP contribution in [0.4, 0.5) is 0 Å². The van der Waals surface area contributed by atoms with Crippen LogP contribution in [0.15, 0.2) is 0 Å². The third-order valence-electron chi connectivity index (χ3n) is 5.70. The van der Waals surface area contributed by atoms with Crippen molar-refractivity contribution < 1.29 is 0 Å². The second-order valence-electron chi connectivity index (χ2n) is 6.87. The Kier molecular flexibility index (Phi) is 5.08. The molecule has 0 amide bonds. The third-order valence-corrected chi connectivity index (χ3v) is 5.70. The topological polar surface area (TPSA) is 29.3 Å². The van der Waals surface area contributed by atoms with Crippen molar-refractivity contribution in [2.75, 3.05) is 13.6 Å². The van der Waals surface area contributed by atoms with Crippen LogP contribution in [-0.2, 0) is 0 Å². The van der Waals surface area contributed by atoms with Crippen molar-refractivity contribution in [2.24, 2.45) is 11.7 Å². The lowest BCUT2D eigenvalue weighted by Crippen LogP contribution is -2.56. The van der Waals surface area contributed by atoms with E-state index >= 15 is 0 Å². The van der Waals surface area contributed by atoms with Gasteiger partial charge in [0.25, 0.3) is 0 Å². The van der Waals surface area contributed by atoms with Gasteiger partial charge in [-0.1, -0.05) is 32.6 Å². The van der Waals surface area contributed by atoms with E-state index in [9.17, 15) is 0 Å². The fourth-order valence-corrected chi connectivity index (χ4v) is 4.10. The van der Waals surface area contributed by atoms with E-state index in [1.54, 1.807) is 0 Å². The second-order valence-corrected chi connectivity index (χ2v) is 6.87. The molecule has 2 saturated carbocycles. The number of nitrogens with zero attached hydrogens (tertiary/aromatic N) is 1. The highest BCUT2D eigenvalue weighted by Gasteiger charge is 2.37. The summed E-state index contributed by atoms with van der Waals surface area (Å²) >= 11 is 0. The maximum absolute atomic E-state index is 6.20. The minimum atomic E-state index is 0.321. The Labute approximate surface area is 113 Å². The summed E-state index contributed by atoms with van der Waals surface area (Å²) in [5, 5.41) is 0. The van der Waals surface area contributed by atoms with Crippen LogP contribution < -0.4 is 5.73 Å². The van der Waals surface area contributed by atoms with Crippen molar-refractivity contribution in [1.29, 1.82) is 0 Å². The van der Waals surface area contributed by atoms with Crippen molar-refractivity contribution in [1.82, 2.24) is 4.90 Å². The molecule has 0 spiro atoms. The average Bonchev–Trinajstić information content (AvgIpc) is 2.65. The molecule has 2 nitrogen and oxygen atoms in total. The average molecular weight is 252 g/mol. The van der Waals surface area contributed by atoms with Gasteiger partial charge in [-0.2, -0.15) is 0 Å². The first kappa shape index (κ1) is 14.3. The number of rotatable bonds is 3. The van der Waals surface area contributed by atoms with Gasteiger partial charge in [0.2, 0.25) is 0 Å². The molecule has 2 aliphatic carbocycles. The molecule has 2 N–H and O–H groups in total. The number of nitrogens with two attached hydrogens (primary N) is 1. The van der Waals surface area contributed by atoms with E-state index in [0.29, 0.717) is 5.54 Å². The molecule has 0 radical (unpaired) electrons. The molecular formula is C16H32N2. The van der Waals surface area contributed by atoms with Crippen LogP contribution in [0.5, 0.6) is 0 Å². The van der Waals surface area contributed by atoms with Crippen LogP contribution in [0.3, 0.4) is 0 Å². The molecule has 0 atom stereocenters. The summed E-state index contributed by atoms with van der Waals surface area (Å²) in [6.07, 6.45) is 13.8. The first-order valence-corrected chi connectivity index (χ1v) is 8.11. The molecule has 0 saturated heterocycles. The van der Waals surface area contributed by atoms with Crippen LogP contribution in [-0.4, -0.2) is 30.1 Å². The lowest BCUT2D eigenvalue weighted by atomic mass is 9.81. The SMILES string of the molecule is CC1CCC(N(C)C2(CN)CCCCCC2)CC1. The minimum absolute atomic E-state index is 0.321. The summed E-state index contributed by atoms with van der Waals surface area (Å²) in [5.41, 5.74) is 6.52. The van der Waals surface area contributed by atoms with E-state index in [1.807, 2.05) is 0 Å². The predicted molar refractivity (Wildman–Crippen MR) is 78.7 cm³/mol. The van der Waals surface area contributed by atoms with Crippen molar-refractivity contribution in [3.63, 3.8) is 0 Å². The van der Waals surface area contributed by atoms with Crippen LogP contribution in [0.2, 0.25) is 0 Å². The van der Waals surface area contributed by atoms with Gasteiger partial charge in [-0.15, -0.1) is 0 Å². The molecule has 0 bridgehead atoms. The molecule has 0 aromatic heterocycles. The summed E-state index contributed by atoms with van der Waals surface area (Å²) in [5.74, 6) is 0.942. The molecule has 2 aliphatic rings. The second kappa shape index (κ2) is 6.38. The van der Waals surface area contributed by atoms with Crippen molar-refractivity contribution in [2.45, 2.75) is 82.7 Å². The highest BCUT2D eigenvalue weighted by molar-refractivity contribution is 4.95. The highest BCUT2D eigenvalue weighted by atomic mass is 15.2. The van der Waals surface area contributed by atoms with Gasteiger partial charge in [-0.3, -0.25) is 4.90 Å². The van der Waals surface area contributed by atoms with Gasteiger partial charge in [-0.25, -0.2) is 0 Å². The van der Waals surface area contributed by atoms with Crippen LogP contribution in [0, 0.1) is 5.92 Å². The van der Waals surface area contributed by atoms with E-state index < -0.39 is 0 Å². The maximum Gasteiger partial charge on any atom is 0.0331 e. The van der Waals surface area contributed by atoms with Crippen LogP contribution in [0.25, 0.3) is 0 Å². The number of hydrogen-bond donors (Lipinski definition) is 1. The first-order chi connectivity index (χ1) is 8.68. The molecule has 2 heteroatoms. The zero-order chi connectivity index (χ0) is 13.0.